The first-order chi connectivity index (χ1) is 12.2. The first kappa shape index (κ1) is 16.2. The van der Waals surface area contributed by atoms with Crippen molar-refractivity contribution >= 4 is 5.78 Å². The molecule has 0 saturated carbocycles. The van der Waals surface area contributed by atoms with Gasteiger partial charge in [0.05, 0.1) is 0 Å². The van der Waals surface area contributed by atoms with Crippen molar-refractivity contribution in [2.45, 2.75) is 32.9 Å². The summed E-state index contributed by atoms with van der Waals surface area (Å²) in [5, 5.41) is 0. The second-order valence-corrected chi connectivity index (χ2v) is 6.83. The van der Waals surface area contributed by atoms with E-state index < -0.39 is 0 Å². The van der Waals surface area contributed by atoms with Gasteiger partial charge in [0, 0.05) is 18.7 Å². The van der Waals surface area contributed by atoms with Gasteiger partial charge in [-0.1, -0.05) is 18.2 Å². The summed E-state index contributed by atoms with van der Waals surface area (Å²) in [4.78, 5) is 14.0. The normalized spacial score (nSPS) is 15.9. The van der Waals surface area contributed by atoms with Crippen molar-refractivity contribution in [2.75, 3.05) is 19.8 Å². The van der Waals surface area contributed by atoms with Crippen molar-refractivity contribution < 1.29 is 14.3 Å². The van der Waals surface area contributed by atoms with Gasteiger partial charge in [0.2, 0.25) is 0 Å². The van der Waals surface area contributed by atoms with Crippen LogP contribution in [0.3, 0.4) is 0 Å². The van der Waals surface area contributed by atoms with Crippen molar-refractivity contribution in [2.24, 2.45) is 0 Å². The highest BCUT2D eigenvalue weighted by atomic mass is 16.6. The van der Waals surface area contributed by atoms with Gasteiger partial charge in [-0.2, -0.15) is 0 Å². The summed E-state index contributed by atoms with van der Waals surface area (Å²) < 4.78 is 11.2. The molecule has 0 amide bonds. The molecular formula is C21H23NO3. The fraction of sp³-hybridized carbons (Fsp3) is 0.381. The number of ether oxygens (including phenoxy) is 2. The molecule has 4 rings (SSSR count). The van der Waals surface area contributed by atoms with E-state index >= 15 is 0 Å². The van der Waals surface area contributed by atoms with Crippen LogP contribution in [0, 0.1) is 0 Å². The standard InChI is InChI=1S/C21H23NO3/c1-15(23)17-5-6-18-13-22(14-19(18)12-17)8-2-3-16-4-7-20-21(11-16)25-10-9-24-20/h4-7,11-12H,2-3,8-10,13-14H2,1H3. The van der Waals surface area contributed by atoms with Crippen LogP contribution in [0.15, 0.2) is 36.4 Å². The summed E-state index contributed by atoms with van der Waals surface area (Å²) in [7, 11) is 0. The highest BCUT2D eigenvalue weighted by molar-refractivity contribution is 5.94. The molecule has 4 nitrogen and oxygen atoms in total. The van der Waals surface area contributed by atoms with E-state index in [1.54, 1.807) is 6.92 Å². The fourth-order valence-corrected chi connectivity index (χ4v) is 3.59. The zero-order valence-corrected chi connectivity index (χ0v) is 14.6. The van der Waals surface area contributed by atoms with E-state index in [4.69, 9.17) is 9.47 Å². The van der Waals surface area contributed by atoms with Gasteiger partial charge in [0.1, 0.15) is 13.2 Å². The Labute approximate surface area is 148 Å². The number of benzene rings is 2. The molecule has 2 aromatic carbocycles. The third-order valence-electron chi connectivity index (χ3n) is 4.95. The Morgan fingerprint density at radius 1 is 1.00 bits per heavy atom. The predicted octanol–water partition coefficient (Wildman–Crippen LogP) is 3.61. The minimum Gasteiger partial charge on any atom is -0.486 e. The zero-order valence-electron chi connectivity index (χ0n) is 14.6. The van der Waals surface area contributed by atoms with Crippen molar-refractivity contribution in [3.63, 3.8) is 0 Å². The average Bonchev–Trinajstić information content (AvgIpc) is 3.03. The maximum Gasteiger partial charge on any atom is 0.161 e. The minimum absolute atomic E-state index is 0.139. The third-order valence-corrected chi connectivity index (χ3v) is 4.95. The van der Waals surface area contributed by atoms with Gasteiger partial charge in [-0.05, 0) is 61.2 Å². The lowest BCUT2D eigenvalue weighted by molar-refractivity contribution is 0.101. The molecular weight excluding hydrogens is 314 g/mol. The number of ketones is 1. The molecule has 25 heavy (non-hydrogen) atoms. The Kier molecular flexibility index (Phi) is 4.45. The minimum atomic E-state index is 0.139. The van der Waals surface area contributed by atoms with Crippen molar-refractivity contribution in [3.8, 4) is 11.5 Å². The van der Waals surface area contributed by atoms with E-state index in [-0.39, 0.29) is 5.78 Å². The van der Waals surface area contributed by atoms with Gasteiger partial charge >= 0.3 is 0 Å². The van der Waals surface area contributed by atoms with Crippen LogP contribution in [-0.4, -0.2) is 30.4 Å². The topological polar surface area (TPSA) is 38.8 Å². The fourth-order valence-electron chi connectivity index (χ4n) is 3.59. The Morgan fingerprint density at radius 3 is 2.64 bits per heavy atom. The van der Waals surface area contributed by atoms with E-state index in [1.165, 1.54) is 16.7 Å². The zero-order chi connectivity index (χ0) is 17.2. The third kappa shape index (κ3) is 3.54. The van der Waals surface area contributed by atoms with Crippen molar-refractivity contribution in [3.05, 3.63) is 58.7 Å². The number of hydrogen-bond donors (Lipinski definition) is 0. The number of carbonyl (C=O) groups is 1. The smallest absolute Gasteiger partial charge is 0.161 e. The maximum absolute atomic E-state index is 11.5. The second-order valence-electron chi connectivity index (χ2n) is 6.83. The molecule has 2 aliphatic rings. The van der Waals surface area contributed by atoms with Gasteiger partial charge < -0.3 is 9.47 Å². The molecule has 0 aromatic heterocycles. The lowest BCUT2D eigenvalue weighted by atomic mass is 10.0. The van der Waals surface area contributed by atoms with Crippen LogP contribution in [0.1, 0.15) is 40.4 Å². The van der Waals surface area contributed by atoms with Crippen molar-refractivity contribution in [1.82, 2.24) is 4.90 Å². The summed E-state index contributed by atoms with van der Waals surface area (Å²) in [6.07, 6.45) is 2.13. The number of nitrogens with zero attached hydrogens (tertiary/aromatic N) is 1. The molecule has 2 heterocycles. The Morgan fingerprint density at radius 2 is 1.80 bits per heavy atom. The molecule has 0 spiro atoms. The molecule has 0 fully saturated rings. The quantitative estimate of drug-likeness (QED) is 0.781. The van der Waals surface area contributed by atoms with Crippen LogP contribution in [0.2, 0.25) is 0 Å². The molecule has 0 bridgehead atoms. The number of rotatable bonds is 5. The Hall–Kier alpha value is -2.33. The predicted molar refractivity (Wildman–Crippen MR) is 96.3 cm³/mol. The van der Waals surface area contributed by atoms with E-state index in [1.807, 2.05) is 12.1 Å². The number of aryl methyl sites for hydroxylation is 1. The van der Waals surface area contributed by atoms with Crippen LogP contribution < -0.4 is 9.47 Å². The summed E-state index contributed by atoms with van der Waals surface area (Å²) in [6, 6.07) is 12.3. The largest absolute Gasteiger partial charge is 0.486 e. The van der Waals surface area contributed by atoms with Crippen LogP contribution in [0.5, 0.6) is 11.5 Å². The molecule has 0 saturated heterocycles. The SMILES string of the molecule is CC(=O)c1ccc2c(c1)CN(CCCc1ccc3c(c1)OCCO3)C2. The highest BCUT2D eigenvalue weighted by Gasteiger charge is 2.19. The summed E-state index contributed by atoms with van der Waals surface area (Å²) in [5.74, 6) is 1.86. The van der Waals surface area contributed by atoms with Gasteiger partial charge in [0.25, 0.3) is 0 Å². The summed E-state index contributed by atoms with van der Waals surface area (Å²) in [5.41, 5.74) is 4.76. The number of carbonyl (C=O) groups excluding carboxylic acids is 1. The molecule has 0 aliphatic carbocycles. The lowest BCUT2D eigenvalue weighted by Crippen LogP contribution is -2.18. The van der Waals surface area contributed by atoms with Crippen LogP contribution >= 0.6 is 0 Å². The molecule has 130 valence electrons. The monoisotopic (exact) mass is 337 g/mol. The average molecular weight is 337 g/mol. The lowest BCUT2D eigenvalue weighted by Gasteiger charge is -2.19. The van der Waals surface area contributed by atoms with E-state index in [2.05, 4.69) is 29.2 Å². The first-order valence-corrected chi connectivity index (χ1v) is 8.93. The van der Waals surface area contributed by atoms with E-state index in [0.29, 0.717) is 13.2 Å². The molecule has 2 aliphatic heterocycles. The van der Waals surface area contributed by atoms with Crippen LogP contribution in [-0.2, 0) is 19.5 Å². The van der Waals surface area contributed by atoms with Gasteiger partial charge in [0.15, 0.2) is 17.3 Å². The van der Waals surface area contributed by atoms with Crippen molar-refractivity contribution in [1.29, 1.82) is 0 Å². The highest BCUT2D eigenvalue weighted by Crippen LogP contribution is 2.31. The summed E-state index contributed by atoms with van der Waals surface area (Å²) >= 11 is 0. The number of Topliss-reactive ketones (excluding diaryl/α,β-unsaturated/α-hetero) is 1. The maximum atomic E-state index is 11.5. The summed E-state index contributed by atoms with van der Waals surface area (Å²) in [6.45, 7) is 5.87. The Bertz CT molecular complexity index is 800. The second kappa shape index (κ2) is 6.89. The molecule has 0 atom stereocenters. The molecule has 0 unspecified atom stereocenters. The van der Waals surface area contributed by atoms with Gasteiger partial charge in [-0.3, -0.25) is 9.69 Å². The first-order valence-electron chi connectivity index (χ1n) is 8.93. The van der Waals surface area contributed by atoms with Gasteiger partial charge in [-0.15, -0.1) is 0 Å². The molecule has 0 N–H and O–H groups in total. The number of hydrogen-bond acceptors (Lipinski definition) is 4. The molecule has 0 radical (unpaired) electrons. The van der Waals surface area contributed by atoms with Gasteiger partial charge in [-0.25, -0.2) is 0 Å². The molecule has 4 heteroatoms. The van der Waals surface area contributed by atoms with Crippen LogP contribution in [0.25, 0.3) is 0 Å². The van der Waals surface area contributed by atoms with Crippen LogP contribution in [0.4, 0.5) is 0 Å². The van der Waals surface area contributed by atoms with E-state index in [0.717, 1.165) is 49.5 Å². The Balaban J connectivity index is 1.32. The molecule has 2 aromatic rings. The number of fused-ring (bicyclic) bond motifs is 2. The van der Waals surface area contributed by atoms with E-state index in [9.17, 15) is 4.79 Å².